The lowest BCUT2D eigenvalue weighted by Gasteiger charge is -2.19. The Hall–Kier alpha value is -1.35. The monoisotopic (exact) mass is 247 g/mol. The van der Waals surface area contributed by atoms with Crippen LogP contribution >= 0.6 is 0 Å². The lowest BCUT2D eigenvalue weighted by molar-refractivity contribution is -0.123. The van der Waals surface area contributed by atoms with E-state index >= 15 is 0 Å². The topological polar surface area (TPSA) is 49.3 Å². The first-order valence-electron chi connectivity index (χ1n) is 6.67. The van der Waals surface area contributed by atoms with Gasteiger partial charge in [0, 0.05) is 12.8 Å². The molecule has 1 aromatic rings. The highest BCUT2D eigenvalue weighted by Gasteiger charge is 2.31. The molecule has 3 unspecified atom stereocenters. The molecular formula is C15H21NO2. The second-order valence-electron chi connectivity index (χ2n) is 5.23. The van der Waals surface area contributed by atoms with Crippen LogP contribution in [0.1, 0.15) is 43.9 Å². The average molecular weight is 247 g/mol. The van der Waals surface area contributed by atoms with E-state index in [0.717, 1.165) is 17.5 Å². The van der Waals surface area contributed by atoms with E-state index in [1.165, 1.54) is 0 Å². The summed E-state index contributed by atoms with van der Waals surface area (Å²) in [4.78, 5) is 11.9. The van der Waals surface area contributed by atoms with Crippen molar-refractivity contribution < 1.29 is 9.90 Å². The van der Waals surface area contributed by atoms with Crippen molar-refractivity contribution in [1.29, 1.82) is 0 Å². The van der Waals surface area contributed by atoms with Crippen molar-refractivity contribution in [2.75, 3.05) is 0 Å². The number of aliphatic hydroxyl groups is 1. The number of hydrogen-bond acceptors (Lipinski definition) is 2. The Labute approximate surface area is 108 Å². The summed E-state index contributed by atoms with van der Waals surface area (Å²) >= 11 is 0. The zero-order valence-corrected chi connectivity index (χ0v) is 11.0. The van der Waals surface area contributed by atoms with E-state index in [0.29, 0.717) is 18.8 Å². The van der Waals surface area contributed by atoms with Gasteiger partial charge in [-0.25, -0.2) is 0 Å². The molecule has 0 saturated heterocycles. The summed E-state index contributed by atoms with van der Waals surface area (Å²) in [5.74, 6) is 0.420. The molecule has 0 fully saturated rings. The minimum absolute atomic E-state index is 0.0325. The van der Waals surface area contributed by atoms with Crippen LogP contribution < -0.4 is 5.32 Å². The minimum atomic E-state index is -0.497. The van der Waals surface area contributed by atoms with E-state index in [1.807, 2.05) is 24.3 Å². The molecule has 2 N–H and O–H groups in total. The fourth-order valence-electron chi connectivity index (χ4n) is 2.44. The minimum Gasteiger partial charge on any atom is -0.390 e. The maximum absolute atomic E-state index is 11.9. The molecule has 3 atom stereocenters. The quantitative estimate of drug-likeness (QED) is 0.857. The second kappa shape index (κ2) is 5.53. The summed E-state index contributed by atoms with van der Waals surface area (Å²) in [6, 6.07) is 7.68. The van der Waals surface area contributed by atoms with Gasteiger partial charge in [-0.15, -0.1) is 0 Å². The molecular weight excluding hydrogens is 226 g/mol. The largest absolute Gasteiger partial charge is 0.390 e. The number of hydrogen-bond donors (Lipinski definition) is 2. The Bertz CT molecular complexity index is 430. The van der Waals surface area contributed by atoms with Crippen LogP contribution in [0.15, 0.2) is 24.3 Å². The predicted octanol–water partition coefficient (Wildman–Crippen LogP) is 2.20. The maximum Gasteiger partial charge on any atom is 0.220 e. The summed E-state index contributed by atoms with van der Waals surface area (Å²) in [6.07, 6.45) is 1.66. The van der Waals surface area contributed by atoms with Crippen molar-refractivity contribution in [2.24, 2.45) is 5.92 Å². The van der Waals surface area contributed by atoms with E-state index in [2.05, 4.69) is 19.2 Å². The van der Waals surface area contributed by atoms with Crippen LogP contribution in [0.2, 0.25) is 0 Å². The van der Waals surface area contributed by atoms with Crippen molar-refractivity contribution in [2.45, 2.75) is 45.3 Å². The highest BCUT2D eigenvalue weighted by Crippen LogP contribution is 2.31. The van der Waals surface area contributed by atoms with E-state index in [-0.39, 0.29) is 11.9 Å². The van der Waals surface area contributed by atoms with Crippen molar-refractivity contribution in [1.82, 2.24) is 5.32 Å². The molecule has 1 aliphatic rings. The number of nitrogens with one attached hydrogen (secondary N) is 1. The van der Waals surface area contributed by atoms with Crippen LogP contribution in [0.4, 0.5) is 0 Å². The maximum atomic E-state index is 11.9. The van der Waals surface area contributed by atoms with Crippen molar-refractivity contribution >= 4 is 5.91 Å². The standard InChI is InChI=1S/C15H21NO2/c1-3-10(2)8-14(18)16-15-12-7-5-4-6-11(12)9-13(15)17/h4-7,10,13,15,17H,3,8-9H2,1-2H3,(H,16,18). The third-order valence-corrected chi connectivity index (χ3v) is 3.75. The van der Waals surface area contributed by atoms with Crippen molar-refractivity contribution in [3.63, 3.8) is 0 Å². The number of amides is 1. The van der Waals surface area contributed by atoms with Gasteiger partial charge in [0.2, 0.25) is 5.91 Å². The highest BCUT2D eigenvalue weighted by atomic mass is 16.3. The zero-order chi connectivity index (χ0) is 13.1. The smallest absolute Gasteiger partial charge is 0.220 e. The molecule has 3 heteroatoms. The molecule has 0 heterocycles. The molecule has 18 heavy (non-hydrogen) atoms. The molecule has 98 valence electrons. The van der Waals surface area contributed by atoms with Gasteiger partial charge in [-0.05, 0) is 17.0 Å². The molecule has 2 rings (SSSR count). The molecule has 0 aromatic heterocycles. The first-order valence-corrected chi connectivity index (χ1v) is 6.67. The van der Waals surface area contributed by atoms with Crippen LogP contribution in [0, 0.1) is 5.92 Å². The van der Waals surface area contributed by atoms with Crippen molar-refractivity contribution in [3.8, 4) is 0 Å². The number of carbonyl (C=O) groups excluding carboxylic acids is 1. The molecule has 3 nitrogen and oxygen atoms in total. The summed E-state index contributed by atoms with van der Waals surface area (Å²) in [5, 5.41) is 13.0. The van der Waals surface area contributed by atoms with Crippen molar-refractivity contribution in [3.05, 3.63) is 35.4 Å². The first-order chi connectivity index (χ1) is 8.61. The van der Waals surface area contributed by atoms with Crippen LogP contribution in [-0.4, -0.2) is 17.1 Å². The van der Waals surface area contributed by atoms with E-state index in [4.69, 9.17) is 0 Å². The lowest BCUT2D eigenvalue weighted by Crippen LogP contribution is -2.34. The normalized spacial score (nSPS) is 23.5. The summed E-state index contributed by atoms with van der Waals surface area (Å²) in [7, 11) is 0. The lowest BCUT2D eigenvalue weighted by atomic mass is 10.0. The van der Waals surface area contributed by atoms with Crippen LogP contribution in [0.3, 0.4) is 0 Å². The third-order valence-electron chi connectivity index (χ3n) is 3.75. The first kappa shape index (κ1) is 13.1. The van der Waals surface area contributed by atoms with Crippen LogP contribution in [0.5, 0.6) is 0 Å². The van der Waals surface area contributed by atoms with Gasteiger partial charge in [-0.3, -0.25) is 4.79 Å². The Morgan fingerprint density at radius 1 is 1.50 bits per heavy atom. The van der Waals surface area contributed by atoms with Gasteiger partial charge in [-0.1, -0.05) is 44.5 Å². The molecule has 1 amide bonds. The molecule has 1 aromatic carbocycles. The van der Waals surface area contributed by atoms with Gasteiger partial charge in [0.05, 0.1) is 12.1 Å². The fourth-order valence-corrected chi connectivity index (χ4v) is 2.44. The molecule has 1 aliphatic carbocycles. The van der Waals surface area contributed by atoms with Crippen LogP contribution in [-0.2, 0) is 11.2 Å². The molecule has 0 spiro atoms. The summed E-state index contributed by atoms with van der Waals surface area (Å²) < 4.78 is 0. The molecule has 0 aliphatic heterocycles. The van der Waals surface area contributed by atoms with E-state index in [1.54, 1.807) is 0 Å². The highest BCUT2D eigenvalue weighted by molar-refractivity contribution is 5.77. The SMILES string of the molecule is CCC(C)CC(=O)NC1c2ccccc2CC1O. The van der Waals surface area contributed by atoms with E-state index in [9.17, 15) is 9.90 Å². The number of rotatable bonds is 4. The Morgan fingerprint density at radius 2 is 2.22 bits per heavy atom. The zero-order valence-electron chi connectivity index (χ0n) is 11.0. The Kier molecular flexibility index (Phi) is 4.02. The van der Waals surface area contributed by atoms with Gasteiger partial charge < -0.3 is 10.4 Å². The van der Waals surface area contributed by atoms with Crippen LogP contribution in [0.25, 0.3) is 0 Å². The fraction of sp³-hybridized carbons (Fsp3) is 0.533. The number of fused-ring (bicyclic) bond motifs is 1. The number of aliphatic hydroxyl groups excluding tert-OH is 1. The number of benzene rings is 1. The second-order valence-corrected chi connectivity index (χ2v) is 5.23. The molecule has 0 radical (unpaired) electrons. The van der Waals surface area contributed by atoms with Gasteiger partial charge in [0.25, 0.3) is 0 Å². The summed E-state index contributed by atoms with van der Waals surface area (Å²) in [5.41, 5.74) is 2.20. The van der Waals surface area contributed by atoms with Gasteiger partial charge in [0.15, 0.2) is 0 Å². The average Bonchev–Trinajstić information content (AvgIpc) is 2.66. The molecule has 0 saturated carbocycles. The predicted molar refractivity (Wildman–Crippen MR) is 71.1 cm³/mol. The third kappa shape index (κ3) is 2.72. The number of carbonyl (C=O) groups is 1. The van der Waals surface area contributed by atoms with Gasteiger partial charge in [0.1, 0.15) is 0 Å². The van der Waals surface area contributed by atoms with Gasteiger partial charge >= 0.3 is 0 Å². The van der Waals surface area contributed by atoms with Gasteiger partial charge in [-0.2, -0.15) is 0 Å². The summed E-state index contributed by atoms with van der Waals surface area (Å²) in [6.45, 7) is 4.15. The van der Waals surface area contributed by atoms with E-state index < -0.39 is 6.10 Å². The Balaban J connectivity index is 2.03. The molecule has 0 bridgehead atoms. The Morgan fingerprint density at radius 3 is 2.94 bits per heavy atom.